The van der Waals surface area contributed by atoms with Gasteiger partial charge in [-0.2, -0.15) is 0 Å². The Morgan fingerprint density at radius 1 is 1.04 bits per heavy atom. The molecule has 0 atom stereocenters. The van der Waals surface area contributed by atoms with E-state index in [9.17, 15) is 4.79 Å². The van der Waals surface area contributed by atoms with Crippen molar-refractivity contribution in [3.05, 3.63) is 71.8 Å². The van der Waals surface area contributed by atoms with Gasteiger partial charge in [-0.3, -0.25) is 10.1 Å². The van der Waals surface area contributed by atoms with E-state index in [0.29, 0.717) is 17.0 Å². The van der Waals surface area contributed by atoms with Crippen LogP contribution < -0.4 is 15.4 Å². The zero-order valence-corrected chi connectivity index (χ0v) is 14.8. The monoisotopic (exact) mass is 350 g/mol. The lowest BCUT2D eigenvalue weighted by Gasteiger charge is -2.14. The largest absolute Gasteiger partial charge is 0.495 e. The molecule has 3 aromatic carbocycles. The normalized spacial score (nSPS) is 10.3. The van der Waals surface area contributed by atoms with Gasteiger partial charge in [0.2, 0.25) is 0 Å². The van der Waals surface area contributed by atoms with Gasteiger partial charge < -0.3 is 10.1 Å². The highest BCUT2D eigenvalue weighted by Crippen LogP contribution is 2.25. The summed E-state index contributed by atoms with van der Waals surface area (Å²) in [4.78, 5) is 12.6. The second-order valence-electron chi connectivity index (χ2n) is 5.64. The maximum absolute atomic E-state index is 12.6. The van der Waals surface area contributed by atoms with Gasteiger partial charge in [0.25, 0.3) is 5.91 Å². The fourth-order valence-corrected chi connectivity index (χ4v) is 2.87. The first-order valence-electron chi connectivity index (χ1n) is 7.83. The number of thiocarbonyl (C=S) groups is 1. The number of anilines is 1. The predicted octanol–water partition coefficient (Wildman–Crippen LogP) is 4.28. The second kappa shape index (κ2) is 7.32. The van der Waals surface area contributed by atoms with E-state index in [0.717, 1.165) is 16.3 Å². The first kappa shape index (κ1) is 16.9. The Labute approximate surface area is 151 Å². The maximum atomic E-state index is 12.6. The fraction of sp³-hybridized carbons (Fsp3) is 0.100. The lowest BCUT2D eigenvalue weighted by Crippen LogP contribution is -2.34. The third kappa shape index (κ3) is 3.78. The van der Waals surface area contributed by atoms with Crippen LogP contribution in [0.2, 0.25) is 0 Å². The van der Waals surface area contributed by atoms with Gasteiger partial charge in [-0.15, -0.1) is 0 Å². The van der Waals surface area contributed by atoms with E-state index in [-0.39, 0.29) is 11.0 Å². The van der Waals surface area contributed by atoms with Crippen LogP contribution in [0.15, 0.2) is 60.7 Å². The van der Waals surface area contributed by atoms with Crippen molar-refractivity contribution in [2.75, 3.05) is 12.4 Å². The number of hydrogen-bond donors (Lipinski definition) is 2. The number of aryl methyl sites for hydroxylation is 1. The molecular weight excluding hydrogens is 332 g/mol. The summed E-state index contributed by atoms with van der Waals surface area (Å²) in [5.74, 6) is 0.410. The highest BCUT2D eigenvalue weighted by molar-refractivity contribution is 7.80. The Morgan fingerprint density at radius 2 is 1.80 bits per heavy atom. The molecule has 0 bridgehead atoms. The molecule has 0 saturated carbocycles. The molecule has 126 valence electrons. The van der Waals surface area contributed by atoms with E-state index in [1.54, 1.807) is 13.2 Å². The number of carbonyl (C=O) groups is 1. The molecule has 0 aliphatic carbocycles. The van der Waals surface area contributed by atoms with Crippen molar-refractivity contribution in [3.63, 3.8) is 0 Å². The Balaban J connectivity index is 1.79. The van der Waals surface area contributed by atoms with E-state index in [4.69, 9.17) is 17.0 Å². The number of fused-ring (bicyclic) bond motifs is 1. The number of amides is 1. The minimum Gasteiger partial charge on any atom is -0.495 e. The van der Waals surface area contributed by atoms with Gasteiger partial charge >= 0.3 is 0 Å². The maximum Gasteiger partial charge on any atom is 0.258 e. The summed E-state index contributed by atoms with van der Waals surface area (Å²) >= 11 is 5.29. The smallest absolute Gasteiger partial charge is 0.258 e. The minimum absolute atomic E-state index is 0.224. The molecule has 0 saturated heterocycles. The van der Waals surface area contributed by atoms with Crippen LogP contribution >= 0.6 is 12.2 Å². The molecule has 0 aromatic heterocycles. The lowest BCUT2D eigenvalue weighted by atomic mass is 10.0. The summed E-state index contributed by atoms with van der Waals surface area (Å²) in [6.07, 6.45) is 0. The molecule has 0 unspecified atom stereocenters. The van der Waals surface area contributed by atoms with E-state index in [2.05, 4.69) is 10.6 Å². The molecule has 2 N–H and O–H groups in total. The van der Waals surface area contributed by atoms with Crippen molar-refractivity contribution < 1.29 is 9.53 Å². The number of ether oxygens (including phenoxy) is 1. The average molecular weight is 350 g/mol. The summed E-state index contributed by atoms with van der Waals surface area (Å²) < 4.78 is 5.31. The molecule has 5 heteroatoms. The number of carbonyl (C=O) groups excluding carboxylic acids is 1. The van der Waals surface area contributed by atoms with E-state index in [1.807, 2.05) is 61.5 Å². The van der Waals surface area contributed by atoms with Gasteiger partial charge in [-0.05, 0) is 53.7 Å². The van der Waals surface area contributed by atoms with Crippen molar-refractivity contribution in [1.29, 1.82) is 0 Å². The van der Waals surface area contributed by atoms with Gasteiger partial charge in [0.05, 0.1) is 12.8 Å². The molecule has 4 nitrogen and oxygen atoms in total. The standard InChI is InChI=1S/C20H18N2O2S/c1-13-10-11-18(24-2)17(12-13)21-20(25)22-19(23)16-9-5-7-14-6-3-4-8-15(14)16/h3-12H,1-2H3,(H2,21,22,23,25). The van der Waals surface area contributed by atoms with Crippen LogP contribution in [-0.4, -0.2) is 18.1 Å². The van der Waals surface area contributed by atoms with Crippen molar-refractivity contribution in [1.82, 2.24) is 5.32 Å². The lowest BCUT2D eigenvalue weighted by molar-refractivity contribution is 0.0979. The summed E-state index contributed by atoms with van der Waals surface area (Å²) in [5, 5.41) is 7.88. The topological polar surface area (TPSA) is 50.4 Å². The number of methoxy groups -OCH3 is 1. The van der Waals surface area contributed by atoms with Crippen molar-refractivity contribution in [2.24, 2.45) is 0 Å². The fourth-order valence-electron chi connectivity index (χ4n) is 2.67. The summed E-state index contributed by atoms with van der Waals surface area (Å²) in [5.41, 5.74) is 2.36. The SMILES string of the molecule is COc1ccc(C)cc1NC(=S)NC(=O)c1cccc2ccccc12. The van der Waals surface area contributed by atoms with Crippen molar-refractivity contribution >= 4 is 39.7 Å². The van der Waals surface area contributed by atoms with Gasteiger partial charge in [-0.1, -0.05) is 42.5 Å². The first-order chi connectivity index (χ1) is 12.1. The van der Waals surface area contributed by atoms with Gasteiger partial charge in [0.1, 0.15) is 5.75 Å². The van der Waals surface area contributed by atoms with Crippen LogP contribution in [0, 0.1) is 6.92 Å². The first-order valence-corrected chi connectivity index (χ1v) is 8.24. The molecule has 0 radical (unpaired) electrons. The Bertz CT molecular complexity index is 948. The zero-order valence-electron chi connectivity index (χ0n) is 14.0. The third-order valence-corrected chi connectivity index (χ3v) is 4.07. The van der Waals surface area contributed by atoms with Gasteiger partial charge in [-0.25, -0.2) is 0 Å². The van der Waals surface area contributed by atoms with Gasteiger partial charge in [0, 0.05) is 5.56 Å². The predicted molar refractivity (Wildman–Crippen MR) is 105 cm³/mol. The summed E-state index contributed by atoms with van der Waals surface area (Å²) in [7, 11) is 1.59. The average Bonchev–Trinajstić information content (AvgIpc) is 2.61. The number of nitrogens with one attached hydrogen (secondary N) is 2. The van der Waals surface area contributed by atoms with Crippen LogP contribution in [0.3, 0.4) is 0 Å². The number of benzene rings is 3. The number of rotatable bonds is 3. The van der Waals surface area contributed by atoms with Crippen LogP contribution in [0.5, 0.6) is 5.75 Å². The molecule has 0 fully saturated rings. The van der Waals surface area contributed by atoms with Crippen LogP contribution in [0.4, 0.5) is 5.69 Å². The van der Waals surface area contributed by atoms with Gasteiger partial charge in [0.15, 0.2) is 5.11 Å². The second-order valence-corrected chi connectivity index (χ2v) is 6.05. The van der Waals surface area contributed by atoms with Crippen LogP contribution in [-0.2, 0) is 0 Å². The Morgan fingerprint density at radius 3 is 2.60 bits per heavy atom. The molecule has 25 heavy (non-hydrogen) atoms. The van der Waals surface area contributed by atoms with Crippen molar-refractivity contribution in [3.8, 4) is 5.75 Å². The van der Waals surface area contributed by atoms with E-state index >= 15 is 0 Å². The molecule has 0 aliphatic rings. The zero-order chi connectivity index (χ0) is 17.8. The Hall–Kier alpha value is -2.92. The molecule has 0 heterocycles. The Kier molecular flexibility index (Phi) is 4.95. The third-order valence-electron chi connectivity index (χ3n) is 3.86. The molecule has 0 aliphatic heterocycles. The van der Waals surface area contributed by atoms with E-state index in [1.165, 1.54) is 0 Å². The summed E-state index contributed by atoms with van der Waals surface area (Å²) in [6.45, 7) is 1.97. The minimum atomic E-state index is -0.249. The molecule has 3 aromatic rings. The summed E-state index contributed by atoms with van der Waals surface area (Å²) in [6, 6.07) is 19.1. The van der Waals surface area contributed by atoms with Crippen LogP contribution in [0.25, 0.3) is 10.8 Å². The molecule has 1 amide bonds. The highest BCUT2D eigenvalue weighted by atomic mass is 32.1. The quantitative estimate of drug-likeness (QED) is 0.692. The van der Waals surface area contributed by atoms with Crippen LogP contribution in [0.1, 0.15) is 15.9 Å². The molecule has 0 spiro atoms. The molecule has 3 rings (SSSR count). The highest BCUT2D eigenvalue weighted by Gasteiger charge is 2.12. The number of hydrogen-bond acceptors (Lipinski definition) is 3. The molecular formula is C20H18N2O2S. The van der Waals surface area contributed by atoms with E-state index < -0.39 is 0 Å². The van der Waals surface area contributed by atoms with Crippen molar-refractivity contribution in [2.45, 2.75) is 6.92 Å².